The van der Waals surface area contributed by atoms with Crippen LogP contribution in [0, 0.1) is 0 Å². The highest BCUT2D eigenvalue weighted by Crippen LogP contribution is 2.27. The first-order chi connectivity index (χ1) is 13.1. The summed E-state index contributed by atoms with van der Waals surface area (Å²) in [5.41, 5.74) is 1.05. The van der Waals surface area contributed by atoms with Crippen molar-refractivity contribution in [2.75, 3.05) is 27.8 Å². The van der Waals surface area contributed by atoms with Crippen molar-refractivity contribution >= 4 is 17.6 Å². The molecule has 2 aromatic rings. The Morgan fingerprint density at radius 2 is 1.78 bits per heavy atom. The van der Waals surface area contributed by atoms with E-state index in [-0.39, 0.29) is 6.10 Å². The van der Waals surface area contributed by atoms with Gasteiger partial charge >= 0.3 is 0 Å². The van der Waals surface area contributed by atoms with Crippen LogP contribution in [0.3, 0.4) is 0 Å². The zero-order chi connectivity index (χ0) is 19.6. The van der Waals surface area contributed by atoms with Crippen molar-refractivity contribution in [1.82, 2.24) is 10.6 Å². The van der Waals surface area contributed by atoms with E-state index in [4.69, 9.17) is 25.8 Å². The van der Waals surface area contributed by atoms with Crippen LogP contribution < -0.4 is 24.8 Å². The minimum Gasteiger partial charge on any atom is -0.493 e. The molecule has 2 rings (SSSR count). The molecular weight excluding hydrogens is 366 g/mol. The zero-order valence-corrected chi connectivity index (χ0v) is 16.8. The van der Waals surface area contributed by atoms with E-state index in [1.54, 1.807) is 27.3 Å². The first-order valence-corrected chi connectivity index (χ1v) is 9.01. The fourth-order valence-corrected chi connectivity index (χ4v) is 2.62. The maximum atomic E-state index is 6.12. The largest absolute Gasteiger partial charge is 0.493 e. The Morgan fingerprint density at radius 3 is 2.44 bits per heavy atom. The van der Waals surface area contributed by atoms with Crippen LogP contribution in [0.15, 0.2) is 47.5 Å². The lowest BCUT2D eigenvalue weighted by atomic mass is 10.2. The number of methoxy groups -OCH3 is 2. The van der Waals surface area contributed by atoms with Gasteiger partial charge in [0.15, 0.2) is 17.5 Å². The number of hydrogen-bond acceptors (Lipinski definition) is 4. The number of halogens is 1. The molecule has 0 aromatic heterocycles. The maximum absolute atomic E-state index is 6.12. The number of hydrogen-bond donors (Lipinski definition) is 2. The molecule has 27 heavy (non-hydrogen) atoms. The second-order valence-electron chi connectivity index (χ2n) is 5.85. The first kappa shape index (κ1) is 20.7. The van der Waals surface area contributed by atoms with Gasteiger partial charge in [0, 0.05) is 13.6 Å². The van der Waals surface area contributed by atoms with Crippen molar-refractivity contribution in [2.24, 2.45) is 4.99 Å². The lowest BCUT2D eigenvalue weighted by Crippen LogP contribution is -2.41. The Labute approximate surface area is 165 Å². The smallest absolute Gasteiger partial charge is 0.191 e. The third kappa shape index (κ3) is 6.25. The summed E-state index contributed by atoms with van der Waals surface area (Å²) >= 11 is 6.12. The van der Waals surface area contributed by atoms with Crippen molar-refractivity contribution in [3.8, 4) is 17.2 Å². The van der Waals surface area contributed by atoms with Gasteiger partial charge in [0.05, 0.1) is 25.8 Å². The highest BCUT2D eigenvalue weighted by molar-refractivity contribution is 6.32. The molecule has 1 atom stereocenters. The second kappa shape index (κ2) is 10.5. The molecule has 0 saturated carbocycles. The van der Waals surface area contributed by atoms with Gasteiger partial charge in [0.1, 0.15) is 11.9 Å². The molecule has 0 saturated heterocycles. The average Bonchev–Trinajstić information content (AvgIpc) is 2.69. The predicted molar refractivity (Wildman–Crippen MR) is 109 cm³/mol. The van der Waals surface area contributed by atoms with E-state index in [1.807, 2.05) is 43.3 Å². The second-order valence-corrected chi connectivity index (χ2v) is 6.26. The molecule has 0 aliphatic carbocycles. The normalized spacial score (nSPS) is 12.3. The third-order valence-corrected chi connectivity index (χ3v) is 4.17. The zero-order valence-electron chi connectivity index (χ0n) is 16.1. The summed E-state index contributed by atoms with van der Waals surface area (Å²) in [4.78, 5) is 4.23. The summed E-state index contributed by atoms with van der Waals surface area (Å²) in [6.07, 6.45) is -0.0791. The van der Waals surface area contributed by atoms with Crippen LogP contribution in [0.2, 0.25) is 5.02 Å². The van der Waals surface area contributed by atoms with Gasteiger partial charge in [-0.25, -0.2) is 0 Å². The molecule has 2 N–H and O–H groups in total. The van der Waals surface area contributed by atoms with Gasteiger partial charge in [-0.15, -0.1) is 0 Å². The quantitative estimate of drug-likeness (QED) is 0.532. The molecule has 2 aromatic carbocycles. The van der Waals surface area contributed by atoms with Crippen molar-refractivity contribution in [3.63, 3.8) is 0 Å². The summed E-state index contributed by atoms with van der Waals surface area (Å²) in [7, 11) is 4.97. The van der Waals surface area contributed by atoms with E-state index in [0.717, 1.165) is 5.56 Å². The number of para-hydroxylation sites is 1. The van der Waals surface area contributed by atoms with Gasteiger partial charge < -0.3 is 24.8 Å². The summed E-state index contributed by atoms with van der Waals surface area (Å²) in [6.45, 7) is 3.15. The standard InChI is InChI=1S/C20H26ClN3O3/c1-14(27-17-8-6-5-7-16(17)21)12-23-20(22-2)24-13-15-9-10-18(25-3)19(11-15)26-4/h5-11,14H,12-13H2,1-4H3,(H2,22,23,24). The van der Waals surface area contributed by atoms with Gasteiger partial charge in [0.25, 0.3) is 0 Å². The minimum absolute atomic E-state index is 0.0791. The Balaban J connectivity index is 1.84. The molecule has 0 fully saturated rings. The van der Waals surface area contributed by atoms with Crippen LogP contribution in [0.4, 0.5) is 0 Å². The number of rotatable bonds is 8. The molecule has 146 valence electrons. The van der Waals surface area contributed by atoms with E-state index in [1.165, 1.54) is 0 Å². The van der Waals surface area contributed by atoms with Crippen LogP contribution in [0.25, 0.3) is 0 Å². The Bertz CT molecular complexity index is 768. The van der Waals surface area contributed by atoms with Gasteiger partial charge in [-0.05, 0) is 36.8 Å². The number of ether oxygens (including phenoxy) is 3. The lowest BCUT2D eigenvalue weighted by Gasteiger charge is -2.18. The fraction of sp³-hybridized carbons (Fsp3) is 0.350. The molecule has 6 nitrogen and oxygen atoms in total. The summed E-state index contributed by atoms with van der Waals surface area (Å²) < 4.78 is 16.4. The highest BCUT2D eigenvalue weighted by atomic mass is 35.5. The molecule has 0 heterocycles. The Morgan fingerprint density at radius 1 is 1.04 bits per heavy atom. The van der Waals surface area contributed by atoms with Crippen molar-refractivity contribution in [3.05, 3.63) is 53.1 Å². The van der Waals surface area contributed by atoms with Gasteiger partial charge in [-0.2, -0.15) is 0 Å². The summed E-state index contributed by atoms with van der Waals surface area (Å²) in [6, 6.07) is 13.2. The molecule has 1 unspecified atom stereocenters. The topological polar surface area (TPSA) is 64.1 Å². The number of benzene rings is 2. The minimum atomic E-state index is -0.0791. The van der Waals surface area contributed by atoms with Crippen LogP contribution >= 0.6 is 11.6 Å². The number of guanidine groups is 1. The average molecular weight is 392 g/mol. The Kier molecular flexibility index (Phi) is 8.07. The maximum Gasteiger partial charge on any atom is 0.191 e. The van der Waals surface area contributed by atoms with Crippen molar-refractivity contribution < 1.29 is 14.2 Å². The van der Waals surface area contributed by atoms with Crippen LogP contribution in [-0.4, -0.2) is 39.9 Å². The summed E-state index contributed by atoms with van der Waals surface area (Å²) in [5, 5.41) is 7.11. The Hall–Kier alpha value is -2.60. The number of nitrogens with one attached hydrogen (secondary N) is 2. The molecule has 0 radical (unpaired) electrons. The molecule has 7 heteroatoms. The summed E-state index contributed by atoms with van der Waals surface area (Å²) in [5.74, 6) is 2.75. The number of nitrogens with zero attached hydrogens (tertiary/aromatic N) is 1. The van der Waals surface area contributed by atoms with Gasteiger partial charge in [-0.3, -0.25) is 4.99 Å². The lowest BCUT2D eigenvalue weighted by molar-refractivity contribution is 0.224. The SMILES string of the molecule is CN=C(NCc1ccc(OC)c(OC)c1)NCC(C)Oc1ccccc1Cl. The van der Waals surface area contributed by atoms with Crippen LogP contribution in [-0.2, 0) is 6.54 Å². The van der Waals surface area contributed by atoms with E-state index in [0.29, 0.717) is 41.3 Å². The van der Waals surface area contributed by atoms with Crippen molar-refractivity contribution in [1.29, 1.82) is 0 Å². The van der Waals surface area contributed by atoms with Crippen LogP contribution in [0.1, 0.15) is 12.5 Å². The fourth-order valence-electron chi connectivity index (χ4n) is 2.44. The first-order valence-electron chi connectivity index (χ1n) is 8.64. The van der Waals surface area contributed by atoms with E-state index in [9.17, 15) is 0 Å². The molecule has 0 amide bonds. The van der Waals surface area contributed by atoms with E-state index >= 15 is 0 Å². The predicted octanol–water partition coefficient (Wildman–Crippen LogP) is 3.49. The molecule has 0 aliphatic heterocycles. The van der Waals surface area contributed by atoms with Crippen molar-refractivity contribution in [2.45, 2.75) is 19.6 Å². The molecule has 0 aliphatic rings. The molecule has 0 spiro atoms. The highest BCUT2D eigenvalue weighted by Gasteiger charge is 2.09. The number of aliphatic imine (C=N–C) groups is 1. The van der Waals surface area contributed by atoms with E-state index < -0.39 is 0 Å². The monoisotopic (exact) mass is 391 g/mol. The van der Waals surface area contributed by atoms with Gasteiger partial charge in [0.2, 0.25) is 0 Å². The third-order valence-electron chi connectivity index (χ3n) is 3.85. The molecule has 0 bridgehead atoms. The van der Waals surface area contributed by atoms with E-state index in [2.05, 4.69) is 15.6 Å². The van der Waals surface area contributed by atoms with Crippen LogP contribution in [0.5, 0.6) is 17.2 Å². The van der Waals surface area contributed by atoms with Gasteiger partial charge in [-0.1, -0.05) is 29.8 Å². The molecular formula is C20H26ClN3O3.